The number of aryl methyl sites for hydroxylation is 1. The predicted molar refractivity (Wildman–Crippen MR) is 133 cm³/mol. The molecule has 0 radical (unpaired) electrons. The van der Waals surface area contributed by atoms with Gasteiger partial charge in [-0.2, -0.15) is 0 Å². The Hall–Kier alpha value is -2.83. The molecule has 6 heteroatoms. The zero-order chi connectivity index (χ0) is 22.1. The monoisotopic (exact) mass is 428 g/mol. The highest BCUT2D eigenvalue weighted by molar-refractivity contribution is 5.84. The number of fused-ring (bicyclic) bond motifs is 1. The van der Waals surface area contributed by atoms with Gasteiger partial charge in [0, 0.05) is 19.1 Å². The van der Waals surface area contributed by atoms with E-state index in [9.17, 15) is 0 Å². The zero-order valence-electron chi connectivity index (χ0n) is 18.9. The number of piperidine rings is 1. The van der Waals surface area contributed by atoms with Gasteiger partial charge in [-0.3, -0.25) is 14.9 Å². The number of benzene rings is 2. The SMILES string of the molecule is C=Nc1cc(-c2ccc3ncc(N4CC(N5CCCCC5)C4)nc3c2)c(C)cc1CCN. The molecule has 2 aliphatic rings. The van der Waals surface area contributed by atoms with Crippen LogP contribution in [0.2, 0.25) is 0 Å². The molecule has 0 atom stereocenters. The molecule has 2 aliphatic heterocycles. The van der Waals surface area contributed by atoms with Crippen LogP contribution in [-0.2, 0) is 6.42 Å². The van der Waals surface area contributed by atoms with Crippen LogP contribution < -0.4 is 10.6 Å². The highest BCUT2D eigenvalue weighted by Crippen LogP contribution is 2.33. The number of hydrogen-bond acceptors (Lipinski definition) is 6. The van der Waals surface area contributed by atoms with Crippen molar-refractivity contribution in [1.29, 1.82) is 0 Å². The second-order valence-corrected chi connectivity index (χ2v) is 9.08. The molecule has 6 nitrogen and oxygen atoms in total. The number of nitrogens with two attached hydrogens (primary N) is 1. The minimum absolute atomic E-state index is 0.602. The van der Waals surface area contributed by atoms with E-state index in [1.807, 2.05) is 6.20 Å². The summed E-state index contributed by atoms with van der Waals surface area (Å²) in [5.41, 5.74) is 13.1. The maximum atomic E-state index is 5.77. The molecule has 0 aliphatic carbocycles. The van der Waals surface area contributed by atoms with Crippen LogP contribution >= 0.6 is 0 Å². The van der Waals surface area contributed by atoms with Gasteiger partial charge in [0.05, 0.1) is 22.9 Å². The van der Waals surface area contributed by atoms with Crippen molar-refractivity contribution in [3.63, 3.8) is 0 Å². The Bertz CT molecular complexity index is 1130. The number of aliphatic imine (C=N–C) groups is 1. The summed E-state index contributed by atoms with van der Waals surface area (Å²) >= 11 is 0. The Morgan fingerprint density at radius 2 is 1.91 bits per heavy atom. The van der Waals surface area contributed by atoms with Crippen LogP contribution in [0.15, 0.2) is 41.5 Å². The molecule has 3 heterocycles. The van der Waals surface area contributed by atoms with Crippen molar-refractivity contribution in [2.75, 3.05) is 37.6 Å². The van der Waals surface area contributed by atoms with E-state index in [4.69, 9.17) is 15.7 Å². The molecule has 2 N–H and O–H groups in total. The van der Waals surface area contributed by atoms with Gasteiger partial charge in [0.1, 0.15) is 5.82 Å². The van der Waals surface area contributed by atoms with Gasteiger partial charge in [-0.05, 0) is 93.0 Å². The average molecular weight is 429 g/mol. The quantitative estimate of drug-likeness (QED) is 0.598. The van der Waals surface area contributed by atoms with Gasteiger partial charge in [0.15, 0.2) is 0 Å². The van der Waals surface area contributed by atoms with Gasteiger partial charge in [-0.1, -0.05) is 18.6 Å². The Balaban J connectivity index is 1.40. The zero-order valence-corrected chi connectivity index (χ0v) is 18.9. The van der Waals surface area contributed by atoms with Gasteiger partial charge in [-0.15, -0.1) is 0 Å². The summed E-state index contributed by atoms with van der Waals surface area (Å²) in [6.45, 7) is 11.1. The van der Waals surface area contributed by atoms with E-state index in [1.54, 1.807) is 0 Å². The maximum Gasteiger partial charge on any atom is 0.147 e. The lowest BCUT2D eigenvalue weighted by atomic mass is 9.95. The van der Waals surface area contributed by atoms with Gasteiger partial charge in [0.2, 0.25) is 0 Å². The molecule has 3 aromatic rings. The van der Waals surface area contributed by atoms with E-state index in [2.05, 4.69) is 58.8 Å². The summed E-state index contributed by atoms with van der Waals surface area (Å²) in [6.07, 6.45) is 6.78. The van der Waals surface area contributed by atoms with E-state index in [0.29, 0.717) is 12.6 Å². The smallest absolute Gasteiger partial charge is 0.147 e. The summed E-state index contributed by atoms with van der Waals surface area (Å²) in [4.78, 5) is 18.9. The summed E-state index contributed by atoms with van der Waals surface area (Å²) in [5.74, 6) is 0.978. The molecule has 0 saturated carbocycles. The number of hydrogen-bond donors (Lipinski definition) is 1. The van der Waals surface area contributed by atoms with Crippen LogP contribution in [0.5, 0.6) is 0 Å². The molecule has 2 aromatic carbocycles. The normalized spacial score (nSPS) is 17.5. The summed E-state index contributed by atoms with van der Waals surface area (Å²) in [7, 11) is 0. The second-order valence-electron chi connectivity index (χ2n) is 9.08. The van der Waals surface area contributed by atoms with E-state index in [0.717, 1.165) is 58.7 Å². The third-order valence-corrected chi connectivity index (χ3v) is 6.94. The van der Waals surface area contributed by atoms with Gasteiger partial charge < -0.3 is 10.6 Å². The highest BCUT2D eigenvalue weighted by Gasteiger charge is 2.33. The van der Waals surface area contributed by atoms with Crippen molar-refractivity contribution in [2.45, 2.75) is 38.6 Å². The standard InChI is InChI=1S/C26H32N6/c1-18-12-20(8-9-27)24(28-2)14-22(18)19-6-7-23-25(13-19)30-26(15-29-23)32-16-21(17-32)31-10-4-3-5-11-31/h6-7,12-15,21H,2-5,8-11,16-17,27H2,1H3. The van der Waals surface area contributed by atoms with Crippen molar-refractivity contribution < 1.29 is 0 Å². The van der Waals surface area contributed by atoms with E-state index >= 15 is 0 Å². The Morgan fingerprint density at radius 1 is 1.09 bits per heavy atom. The Morgan fingerprint density at radius 3 is 2.66 bits per heavy atom. The van der Waals surface area contributed by atoms with Crippen LogP contribution in [0, 0.1) is 6.92 Å². The number of nitrogens with zero attached hydrogens (tertiary/aromatic N) is 5. The van der Waals surface area contributed by atoms with Crippen molar-refractivity contribution in [2.24, 2.45) is 10.7 Å². The molecule has 2 saturated heterocycles. The van der Waals surface area contributed by atoms with Gasteiger partial charge in [-0.25, -0.2) is 4.98 Å². The van der Waals surface area contributed by atoms with Crippen molar-refractivity contribution in [3.8, 4) is 11.1 Å². The first-order chi connectivity index (χ1) is 15.7. The van der Waals surface area contributed by atoms with Gasteiger partial charge in [0.25, 0.3) is 0 Å². The molecular weight excluding hydrogens is 396 g/mol. The van der Waals surface area contributed by atoms with Crippen molar-refractivity contribution >= 4 is 29.3 Å². The van der Waals surface area contributed by atoms with Crippen molar-refractivity contribution in [1.82, 2.24) is 14.9 Å². The number of rotatable bonds is 6. The third-order valence-electron chi connectivity index (χ3n) is 6.94. The minimum Gasteiger partial charge on any atom is -0.352 e. The molecule has 0 unspecified atom stereocenters. The first-order valence-electron chi connectivity index (χ1n) is 11.7. The van der Waals surface area contributed by atoms with E-state index < -0.39 is 0 Å². The lowest BCUT2D eigenvalue weighted by Crippen LogP contribution is -2.60. The minimum atomic E-state index is 0.602. The fourth-order valence-corrected chi connectivity index (χ4v) is 5.05. The predicted octanol–water partition coefficient (Wildman–Crippen LogP) is 4.11. The maximum absolute atomic E-state index is 5.77. The topological polar surface area (TPSA) is 70.6 Å². The molecule has 0 amide bonds. The largest absolute Gasteiger partial charge is 0.352 e. The fraction of sp³-hybridized carbons (Fsp3) is 0.423. The first kappa shape index (κ1) is 21.0. The number of likely N-dealkylation sites (tertiary alicyclic amines) is 1. The van der Waals surface area contributed by atoms with Crippen LogP contribution in [0.25, 0.3) is 22.2 Å². The van der Waals surface area contributed by atoms with E-state index in [-0.39, 0.29) is 0 Å². The molecule has 0 spiro atoms. The van der Waals surface area contributed by atoms with Crippen molar-refractivity contribution in [3.05, 3.63) is 47.7 Å². The second kappa shape index (κ2) is 8.96. The van der Waals surface area contributed by atoms with Crippen LogP contribution in [0.1, 0.15) is 30.4 Å². The van der Waals surface area contributed by atoms with Crippen LogP contribution in [-0.4, -0.2) is 60.4 Å². The summed E-state index contributed by atoms with van der Waals surface area (Å²) in [6, 6.07) is 11.3. The van der Waals surface area contributed by atoms with Crippen LogP contribution in [0.4, 0.5) is 11.5 Å². The summed E-state index contributed by atoms with van der Waals surface area (Å²) in [5, 5.41) is 0. The Labute approximate surface area is 190 Å². The lowest BCUT2D eigenvalue weighted by molar-refractivity contribution is 0.138. The van der Waals surface area contributed by atoms with E-state index in [1.165, 1.54) is 37.9 Å². The molecule has 0 bridgehead atoms. The molecule has 2 fully saturated rings. The molecule has 32 heavy (non-hydrogen) atoms. The average Bonchev–Trinajstić information content (AvgIpc) is 2.79. The molecule has 166 valence electrons. The van der Waals surface area contributed by atoms with Crippen LogP contribution in [0.3, 0.4) is 0 Å². The first-order valence-corrected chi connectivity index (χ1v) is 11.7. The Kier molecular flexibility index (Phi) is 5.89. The molecular formula is C26H32N6. The fourth-order valence-electron chi connectivity index (χ4n) is 5.05. The molecule has 1 aromatic heterocycles. The highest BCUT2D eigenvalue weighted by atomic mass is 15.3. The third kappa shape index (κ3) is 4.00. The number of anilines is 1. The molecule has 5 rings (SSSR count). The number of aromatic nitrogens is 2. The lowest BCUT2D eigenvalue weighted by Gasteiger charge is -2.47. The summed E-state index contributed by atoms with van der Waals surface area (Å²) < 4.78 is 0. The van der Waals surface area contributed by atoms with Gasteiger partial charge >= 0.3 is 0 Å².